The third-order valence-electron chi connectivity index (χ3n) is 12.5. The third kappa shape index (κ3) is 4.95. The van der Waals surface area contributed by atoms with E-state index < -0.39 is 0 Å². The molecule has 0 N–H and O–H groups in total. The number of thiophene rings is 1. The molecule has 0 spiro atoms. The van der Waals surface area contributed by atoms with E-state index in [1.54, 1.807) is 0 Å². The minimum absolute atomic E-state index is 0.00318. The van der Waals surface area contributed by atoms with E-state index in [0.717, 1.165) is 0 Å². The third-order valence-corrected chi connectivity index (χ3v) is 16.2. The second-order valence-corrected chi connectivity index (χ2v) is 21.4. The molecular formula is C52H41BN2S3. The Hall–Kier alpha value is -5.14. The van der Waals surface area contributed by atoms with E-state index in [4.69, 9.17) is 0 Å². The van der Waals surface area contributed by atoms with Gasteiger partial charge in [-0.1, -0.05) is 156 Å². The molecule has 0 radical (unpaired) electrons. The number of hydrogen-bond donors (Lipinski definition) is 0. The lowest BCUT2D eigenvalue weighted by Gasteiger charge is -2.43. The van der Waals surface area contributed by atoms with Crippen molar-refractivity contribution >= 4 is 101 Å². The summed E-state index contributed by atoms with van der Waals surface area (Å²) in [4.78, 5) is 7.95. The van der Waals surface area contributed by atoms with Gasteiger partial charge in [-0.2, -0.15) is 0 Å². The molecule has 0 unspecified atom stereocenters. The van der Waals surface area contributed by atoms with Crippen molar-refractivity contribution < 1.29 is 0 Å². The molecule has 2 aromatic heterocycles. The first-order valence-electron chi connectivity index (χ1n) is 20.3. The highest BCUT2D eigenvalue weighted by atomic mass is 32.2. The molecule has 6 heteroatoms. The molecule has 0 saturated heterocycles. The van der Waals surface area contributed by atoms with Crippen LogP contribution in [0.3, 0.4) is 0 Å². The highest BCUT2D eigenvalue weighted by Crippen LogP contribution is 2.54. The zero-order chi connectivity index (χ0) is 39.2. The van der Waals surface area contributed by atoms with Gasteiger partial charge in [0.2, 0.25) is 0 Å². The van der Waals surface area contributed by atoms with Crippen LogP contribution in [-0.4, -0.2) is 11.3 Å². The highest BCUT2D eigenvalue weighted by Gasteiger charge is 2.45. The van der Waals surface area contributed by atoms with Crippen LogP contribution >= 0.6 is 34.9 Å². The smallest absolute Gasteiger partial charge is 0.333 e. The molecule has 0 aliphatic carbocycles. The number of aromatic nitrogens is 1. The summed E-state index contributed by atoms with van der Waals surface area (Å²) in [5, 5.41) is 2.69. The Labute approximate surface area is 353 Å². The second kappa shape index (κ2) is 12.2. The average Bonchev–Trinajstić information content (AvgIpc) is 3.76. The Morgan fingerprint density at radius 1 is 0.483 bits per heavy atom. The summed E-state index contributed by atoms with van der Waals surface area (Å²) < 4.78 is 5.48. The quantitative estimate of drug-likeness (QED) is 0.161. The van der Waals surface area contributed by atoms with Crippen LogP contribution in [0.1, 0.15) is 52.7 Å². The van der Waals surface area contributed by atoms with E-state index in [0.29, 0.717) is 0 Å². The van der Waals surface area contributed by atoms with Gasteiger partial charge in [-0.15, -0.1) is 11.3 Å². The summed E-state index contributed by atoms with van der Waals surface area (Å²) in [5.74, 6) is 0. The lowest BCUT2D eigenvalue weighted by atomic mass is 9.45. The van der Waals surface area contributed by atoms with E-state index in [2.05, 4.69) is 190 Å². The summed E-state index contributed by atoms with van der Waals surface area (Å²) in [6.45, 7) is 14.1. The van der Waals surface area contributed by atoms with Gasteiger partial charge in [-0.05, 0) is 92.5 Å². The average molecular weight is 801 g/mol. The maximum atomic E-state index is 2.75. The standard InChI is InChI=1S/C52H41BN2S3/c1-51(2,3)31-23-24-39(36(25-31)30-15-8-7-9-16-30)54-40-29-46-45(56-43-21-12-13-22-44(43)57-46)28-38(40)53-47-37(26-32(27-41(47)54)52(4,5)6)33-18-14-19-35-48(33)55(53)49-34-17-10-11-20-42(34)58-50(35)49/h7-29H,1-6H3. The van der Waals surface area contributed by atoms with Crippen LogP contribution < -0.4 is 15.8 Å². The number of benzene rings is 7. The number of nitrogens with zero attached hydrogens (tertiary/aromatic N) is 2. The SMILES string of the molecule is CC(C)(C)c1ccc(N2c3cc4c(cc3B3c5c(cc(C(C)(C)C)cc52)-c2cccc5c6sc7ccccc7c6n3c25)Sc2ccccc2S4)c(-c2ccccc2)c1. The molecule has 5 heterocycles. The van der Waals surface area contributed by atoms with Gasteiger partial charge < -0.3 is 9.38 Å². The number of hydrogen-bond acceptors (Lipinski definition) is 4. The van der Waals surface area contributed by atoms with Gasteiger partial charge >= 0.3 is 6.85 Å². The Morgan fingerprint density at radius 2 is 1.16 bits per heavy atom. The fraction of sp³-hybridized carbons (Fsp3) is 0.154. The normalized spacial score (nSPS) is 14.2. The van der Waals surface area contributed by atoms with Crippen molar-refractivity contribution in [3.05, 3.63) is 151 Å². The van der Waals surface area contributed by atoms with E-state index in [9.17, 15) is 0 Å². The molecule has 9 aromatic rings. The van der Waals surface area contributed by atoms with Crippen LogP contribution in [0.25, 0.3) is 53.5 Å². The first-order chi connectivity index (χ1) is 28.0. The number of para-hydroxylation sites is 1. The molecule has 12 rings (SSSR count). The number of rotatable bonds is 2. The molecule has 0 atom stereocenters. The Morgan fingerprint density at radius 3 is 1.91 bits per heavy atom. The summed E-state index contributed by atoms with van der Waals surface area (Å²) in [7, 11) is 0. The van der Waals surface area contributed by atoms with Crippen molar-refractivity contribution in [1.29, 1.82) is 0 Å². The topological polar surface area (TPSA) is 8.17 Å². The molecule has 0 amide bonds. The van der Waals surface area contributed by atoms with E-state index in [-0.39, 0.29) is 17.7 Å². The largest absolute Gasteiger partial charge is 0.374 e. The molecule has 3 aliphatic heterocycles. The van der Waals surface area contributed by atoms with E-state index >= 15 is 0 Å². The summed E-state index contributed by atoms with van der Waals surface area (Å²) >= 11 is 5.77. The van der Waals surface area contributed by atoms with Crippen LogP contribution in [0.4, 0.5) is 17.1 Å². The number of anilines is 3. The molecule has 2 nitrogen and oxygen atoms in total. The molecule has 0 fully saturated rings. The van der Waals surface area contributed by atoms with Crippen molar-refractivity contribution in [1.82, 2.24) is 4.48 Å². The minimum atomic E-state index is -0.0682. The summed E-state index contributed by atoms with van der Waals surface area (Å²) in [5.41, 5.74) is 17.0. The highest BCUT2D eigenvalue weighted by molar-refractivity contribution is 8.05. The van der Waals surface area contributed by atoms with E-state index in [1.165, 1.54) is 112 Å². The van der Waals surface area contributed by atoms with Gasteiger partial charge in [-0.3, -0.25) is 0 Å². The van der Waals surface area contributed by atoms with Gasteiger partial charge in [0, 0.05) is 63.1 Å². The summed E-state index contributed by atoms with van der Waals surface area (Å²) in [6.07, 6.45) is 0. The van der Waals surface area contributed by atoms with Gasteiger partial charge in [0.15, 0.2) is 0 Å². The minimum Gasteiger partial charge on any atom is -0.374 e. The van der Waals surface area contributed by atoms with Crippen LogP contribution in [0.5, 0.6) is 0 Å². The van der Waals surface area contributed by atoms with Crippen LogP contribution in [-0.2, 0) is 10.8 Å². The van der Waals surface area contributed by atoms with Gasteiger partial charge in [0.25, 0.3) is 0 Å². The van der Waals surface area contributed by atoms with Crippen molar-refractivity contribution in [2.24, 2.45) is 0 Å². The first-order valence-corrected chi connectivity index (χ1v) is 22.7. The summed E-state index contributed by atoms with van der Waals surface area (Å²) in [6, 6.07) is 53.4. The zero-order valence-electron chi connectivity index (χ0n) is 33.5. The molecule has 0 bridgehead atoms. The molecular weight excluding hydrogens is 760 g/mol. The fourth-order valence-electron chi connectivity index (χ4n) is 9.65. The van der Waals surface area contributed by atoms with Gasteiger partial charge in [0.1, 0.15) is 0 Å². The lowest BCUT2D eigenvalue weighted by molar-refractivity contribution is 0.590. The molecule has 58 heavy (non-hydrogen) atoms. The molecule has 0 saturated carbocycles. The van der Waals surface area contributed by atoms with Crippen LogP contribution in [0.15, 0.2) is 159 Å². The number of fused-ring (bicyclic) bond motifs is 11. The Balaban J connectivity index is 1.25. The Bertz CT molecular complexity index is 3210. The lowest BCUT2D eigenvalue weighted by Crippen LogP contribution is -2.57. The van der Waals surface area contributed by atoms with Crippen LogP contribution in [0.2, 0.25) is 0 Å². The second-order valence-electron chi connectivity index (χ2n) is 18.1. The predicted octanol–water partition coefficient (Wildman–Crippen LogP) is 14.3. The Kier molecular flexibility index (Phi) is 7.34. The van der Waals surface area contributed by atoms with Crippen molar-refractivity contribution in [3.8, 4) is 22.3 Å². The zero-order valence-corrected chi connectivity index (χ0v) is 35.9. The maximum absolute atomic E-state index is 2.75. The van der Waals surface area contributed by atoms with Gasteiger partial charge in [0.05, 0.1) is 15.9 Å². The molecule has 280 valence electrons. The van der Waals surface area contributed by atoms with Crippen LogP contribution in [0, 0.1) is 0 Å². The predicted molar refractivity (Wildman–Crippen MR) is 253 cm³/mol. The fourth-order valence-corrected chi connectivity index (χ4v) is 13.1. The van der Waals surface area contributed by atoms with Crippen molar-refractivity contribution in [2.75, 3.05) is 4.90 Å². The molecule has 7 aromatic carbocycles. The van der Waals surface area contributed by atoms with E-state index in [1.807, 2.05) is 34.9 Å². The van der Waals surface area contributed by atoms with Crippen molar-refractivity contribution in [2.45, 2.75) is 72.0 Å². The maximum Gasteiger partial charge on any atom is 0.333 e. The van der Waals surface area contributed by atoms with Gasteiger partial charge in [-0.25, -0.2) is 0 Å². The van der Waals surface area contributed by atoms with Crippen molar-refractivity contribution in [3.63, 3.8) is 0 Å². The monoisotopic (exact) mass is 800 g/mol. The first kappa shape index (κ1) is 34.9. The molecule has 3 aliphatic rings.